The Bertz CT molecular complexity index is 353. The summed E-state index contributed by atoms with van der Waals surface area (Å²) in [5.41, 5.74) is 0.797. The summed E-state index contributed by atoms with van der Waals surface area (Å²) in [4.78, 5) is 11.9. The zero-order chi connectivity index (χ0) is 10.7. The highest BCUT2D eigenvalue weighted by molar-refractivity contribution is 5.98. The van der Waals surface area contributed by atoms with E-state index in [2.05, 4.69) is 0 Å². The molecule has 2 rings (SSSR count). The molecule has 1 saturated carbocycles. The van der Waals surface area contributed by atoms with Gasteiger partial charge in [0.05, 0.1) is 6.61 Å². The Morgan fingerprint density at radius 3 is 2.87 bits per heavy atom. The molecule has 80 valence electrons. The van der Waals surface area contributed by atoms with E-state index in [1.807, 2.05) is 31.2 Å². The van der Waals surface area contributed by atoms with Gasteiger partial charge in [-0.2, -0.15) is 0 Å². The monoisotopic (exact) mass is 204 g/mol. The van der Waals surface area contributed by atoms with Crippen molar-refractivity contribution in [2.24, 2.45) is 5.92 Å². The van der Waals surface area contributed by atoms with Crippen LogP contribution < -0.4 is 4.74 Å². The van der Waals surface area contributed by atoms with Gasteiger partial charge in [0.2, 0.25) is 0 Å². The van der Waals surface area contributed by atoms with Gasteiger partial charge in [0.1, 0.15) is 5.75 Å². The maximum absolute atomic E-state index is 11.9. The number of ether oxygens (including phenoxy) is 1. The summed E-state index contributed by atoms with van der Waals surface area (Å²) < 4.78 is 5.38. The van der Waals surface area contributed by atoms with Crippen LogP contribution in [-0.2, 0) is 0 Å². The maximum Gasteiger partial charge on any atom is 0.166 e. The molecule has 0 amide bonds. The molecule has 15 heavy (non-hydrogen) atoms. The van der Waals surface area contributed by atoms with Crippen molar-refractivity contribution in [3.8, 4) is 5.75 Å². The lowest BCUT2D eigenvalue weighted by molar-refractivity contribution is 0.0855. The topological polar surface area (TPSA) is 26.3 Å². The molecule has 2 nitrogen and oxygen atoms in total. The predicted octanol–water partition coefficient (Wildman–Crippen LogP) is 3.07. The van der Waals surface area contributed by atoms with Crippen LogP contribution in [0.2, 0.25) is 0 Å². The van der Waals surface area contributed by atoms with Crippen LogP contribution in [0.1, 0.15) is 36.5 Å². The highest BCUT2D eigenvalue weighted by atomic mass is 16.5. The average molecular weight is 204 g/mol. The van der Waals surface area contributed by atoms with Gasteiger partial charge in [-0.25, -0.2) is 0 Å². The molecule has 1 aromatic rings. The number of rotatable bonds is 4. The Morgan fingerprint density at radius 1 is 1.47 bits per heavy atom. The summed E-state index contributed by atoms with van der Waals surface area (Å²) >= 11 is 0. The summed E-state index contributed by atoms with van der Waals surface area (Å²) in [5, 5.41) is 0. The predicted molar refractivity (Wildman–Crippen MR) is 59.3 cm³/mol. The van der Waals surface area contributed by atoms with E-state index in [0.717, 1.165) is 24.2 Å². The van der Waals surface area contributed by atoms with E-state index in [9.17, 15) is 4.79 Å². The molecule has 0 bridgehead atoms. The van der Waals surface area contributed by atoms with Crippen molar-refractivity contribution >= 4 is 5.78 Å². The standard InChI is InChI=1S/C13H16O2/c1-2-15-12-8-4-7-11(9-12)13(14)10-5-3-6-10/h4,7-10H,2-3,5-6H2,1H3. The van der Waals surface area contributed by atoms with E-state index >= 15 is 0 Å². The third-order valence-corrected chi connectivity index (χ3v) is 2.91. The smallest absolute Gasteiger partial charge is 0.166 e. The van der Waals surface area contributed by atoms with Gasteiger partial charge in [0.25, 0.3) is 0 Å². The molecule has 0 N–H and O–H groups in total. The van der Waals surface area contributed by atoms with Crippen LogP contribution in [0, 0.1) is 5.92 Å². The van der Waals surface area contributed by atoms with Gasteiger partial charge in [-0.05, 0) is 31.9 Å². The number of benzene rings is 1. The highest BCUT2D eigenvalue weighted by Gasteiger charge is 2.26. The van der Waals surface area contributed by atoms with Crippen molar-refractivity contribution in [2.45, 2.75) is 26.2 Å². The average Bonchev–Trinajstić information content (AvgIpc) is 2.16. The van der Waals surface area contributed by atoms with Crippen molar-refractivity contribution in [3.63, 3.8) is 0 Å². The van der Waals surface area contributed by atoms with Crippen molar-refractivity contribution in [1.29, 1.82) is 0 Å². The molecule has 0 spiro atoms. The Hall–Kier alpha value is -1.31. The second-order valence-electron chi connectivity index (χ2n) is 3.95. The van der Waals surface area contributed by atoms with Crippen LogP contribution >= 0.6 is 0 Å². The van der Waals surface area contributed by atoms with Crippen LogP contribution in [0.5, 0.6) is 5.75 Å². The lowest BCUT2D eigenvalue weighted by Crippen LogP contribution is -2.21. The number of ketones is 1. The molecule has 1 aliphatic rings. The van der Waals surface area contributed by atoms with Crippen molar-refractivity contribution < 1.29 is 9.53 Å². The number of Topliss-reactive ketones (excluding diaryl/α,β-unsaturated/α-hetero) is 1. The second kappa shape index (κ2) is 4.47. The Morgan fingerprint density at radius 2 is 2.27 bits per heavy atom. The Labute approximate surface area is 90.3 Å². The molecule has 1 aliphatic carbocycles. The van der Waals surface area contributed by atoms with Gasteiger partial charge in [-0.3, -0.25) is 4.79 Å². The molecule has 0 heterocycles. The fraction of sp³-hybridized carbons (Fsp3) is 0.462. The van der Waals surface area contributed by atoms with Gasteiger partial charge in [-0.15, -0.1) is 0 Å². The molecule has 0 atom stereocenters. The third-order valence-electron chi connectivity index (χ3n) is 2.91. The third kappa shape index (κ3) is 2.20. The summed E-state index contributed by atoms with van der Waals surface area (Å²) in [6.45, 7) is 2.58. The Balaban J connectivity index is 2.12. The molecule has 0 unspecified atom stereocenters. The molecule has 1 aromatic carbocycles. The lowest BCUT2D eigenvalue weighted by Gasteiger charge is -2.23. The largest absolute Gasteiger partial charge is 0.494 e. The quantitative estimate of drug-likeness (QED) is 0.704. The van der Waals surface area contributed by atoms with E-state index in [0.29, 0.717) is 6.61 Å². The van der Waals surface area contributed by atoms with Crippen molar-refractivity contribution in [2.75, 3.05) is 6.61 Å². The van der Waals surface area contributed by atoms with Gasteiger partial charge in [0.15, 0.2) is 5.78 Å². The molecular weight excluding hydrogens is 188 g/mol. The normalized spacial score (nSPS) is 15.8. The van der Waals surface area contributed by atoms with E-state index < -0.39 is 0 Å². The van der Waals surface area contributed by atoms with Crippen LogP contribution in [0.3, 0.4) is 0 Å². The van der Waals surface area contributed by atoms with Gasteiger partial charge in [0, 0.05) is 11.5 Å². The lowest BCUT2D eigenvalue weighted by atomic mass is 9.80. The first-order valence-corrected chi connectivity index (χ1v) is 5.58. The summed E-state index contributed by atoms with van der Waals surface area (Å²) in [5.74, 6) is 1.34. The van der Waals surface area contributed by atoms with Crippen molar-refractivity contribution in [1.82, 2.24) is 0 Å². The van der Waals surface area contributed by atoms with E-state index in [-0.39, 0.29) is 11.7 Å². The van der Waals surface area contributed by atoms with Gasteiger partial charge < -0.3 is 4.74 Å². The van der Waals surface area contributed by atoms with Gasteiger partial charge in [-0.1, -0.05) is 18.6 Å². The fourth-order valence-electron chi connectivity index (χ4n) is 1.81. The Kier molecular flexibility index (Phi) is 3.05. The number of carbonyl (C=O) groups is 1. The van der Waals surface area contributed by atoms with Crippen molar-refractivity contribution in [3.05, 3.63) is 29.8 Å². The van der Waals surface area contributed by atoms with E-state index in [1.54, 1.807) is 0 Å². The zero-order valence-corrected chi connectivity index (χ0v) is 9.03. The summed E-state index contributed by atoms with van der Waals surface area (Å²) in [6.07, 6.45) is 3.30. The molecule has 0 aromatic heterocycles. The van der Waals surface area contributed by atoms with Crippen LogP contribution in [0.25, 0.3) is 0 Å². The molecule has 0 saturated heterocycles. The molecule has 0 aliphatic heterocycles. The highest BCUT2D eigenvalue weighted by Crippen LogP contribution is 2.30. The second-order valence-corrected chi connectivity index (χ2v) is 3.95. The molecule has 0 radical (unpaired) electrons. The minimum Gasteiger partial charge on any atom is -0.494 e. The zero-order valence-electron chi connectivity index (χ0n) is 9.03. The van der Waals surface area contributed by atoms with Crippen LogP contribution in [0.4, 0.5) is 0 Å². The molecular formula is C13H16O2. The number of hydrogen-bond donors (Lipinski definition) is 0. The molecule has 1 fully saturated rings. The summed E-state index contributed by atoms with van der Waals surface area (Å²) in [7, 11) is 0. The number of carbonyl (C=O) groups excluding carboxylic acids is 1. The van der Waals surface area contributed by atoms with Gasteiger partial charge >= 0.3 is 0 Å². The molecule has 2 heteroatoms. The fourth-order valence-corrected chi connectivity index (χ4v) is 1.81. The number of hydrogen-bond acceptors (Lipinski definition) is 2. The van der Waals surface area contributed by atoms with E-state index in [1.165, 1.54) is 6.42 Å². The minimum atomic E-state index is 0.266. The van der Waals surface area contributed by atoms with Crippen LogP contribution in [-0.4, -0.2) is 12.4 Å². The first-order chi connectivity index (χ1) is 7.31. The SMILES string of the molecule is CCOc1cccc(C(=O)C2CCC2)c1. The maximum atomic E-state index is 11.9. The first-order valence-electron chi connectivity index (χ1n) is 5.58. The van der Waals surface area contributed by atoms with Crippen LogP contribution in [0.15, 0.2) is 24.3 Å². The van der Waals surface area contributed by atoms with E-state index in [4.69, 9.17) is 4.74 Å². The minimum absolute atomic E-state index is 0.266. The first kappa shape index (κ1) is 10.2. The summed E-state index contributed by atoms with van der Waals surface area (Å²) in [6, 6.07) is 7.51.